The number of aryl methyl sites for hydroxylation is 2. The van der Waals surface area contributed by atoms with Gasteiger partial charge in [-0.3, -0.25) is 14.4 Å². The van der Waals surface area contributed by atoms with Gasteiger partial charge in [0.1, 0.15) is 29.0 Å². The number of ether oxygens (including phenoxy) is 1. The molecule has 0 atom stereocenters. The number of piperidine rings is 1. The molecule has 3 aromatic carbocycles. The number of thiophene rings is 1. The molecule has 8 rings (SSSR count). The molecule has 2 aliphatic heterocycles. The van der Waals surface area contributed by atoms with Crippen molar-refractivity contribution in [3.63, 3.8) is 0 Å². The molecule has 0 bridgehead atoms. The van der Waals surface area contributed by atoms with E-state index in [2.05, 4.69) is 33.9 Å². The van der Waals surface area contributed by atoms with E-state index in [0.29, 0.717) is 32.8 Å². The second-order valence-electron chi connectivity index (χ2n) is 14.0. The van der Waals surface area contributed by atoms with Gasteiger partial charge in [0.25, 0.3) is 0 Å². The molecule has 0 spiro atoms. The summed E-state index contributed by atoms with van der Waals surface area (Å²) in [6.45, 7) is 12.3. The Kier molecular flexibility index (Phi) is 11.9. The molecular formula is C42H44ClF2N7O2S. The lowest BCUT2D eigenvalue weighted by atomic mass is 10.00. The number of carbonyl (C=O) groups is 1. The first kappa shape index (κ1) is 38.5. The second kappa shape index (κ2) is 16.9. The van der Waals surface area contributed by atoms with E-state index in [4.69, 9.17) is 21.3 Å². The second-order valence-corrected chi connectivity index (χ2v) is 15.6. The van der Waals surface area contributed by atoms with Crippen LogP contribution in [0, 0.1) is 32.4 Å². The normalized spacial score (nSPS) is 14.2. The van der Waals surface area contributed by atoms with Crippen molar-refractivity contribution >= 4 is 45.5 Å². The lowest BCUT2D eigenvalue weighted by molar-refractivity contribution is -0.131. The number of carbonyl (C=O) groups excluding carboxylic acids is 1. The van der Waals surface area contributed by atoms with Crippen LogP contribution in [0.15, 0.2) is 77.9 Å². The molecule has 0 unspecified atom stereocenters. The highest BCUT2D eigenvalue weighted by atomic mass is 35.5. The van der Waals surface area contributed by atoms with Crippen LogP contribution in [0.5, 0.6) is 0 Å². The lowest BCUT2D eigenvalue weighted by Crippen LogP contribution is -2.40. The zero-order valence-electron chi connectivity index (χ0n) is 31.4. The molecule has 6 aromatic rings. The number of likely N-dealkylation sites (tertiary alicyclic amines) is 1. The molecule has 0 radical (unpaired) electrons. The van der Waals surface area contributed by atoms with Crippen molar-refractivity contribution in [1.29, 1.82) is 0 Å². The van der Waals surface area contributed by atoms with Gasteiger partial charge >= 0.3 is 0 Å². The zero-order chi connectivity index (χ0) is 38.6. The molecule has 1 amide bonds. The van der Waals surface area contributed by atoms with Crippen molar-refractivity contribution in [3.05, 3.63) is 134 Å². The summed E-state index contributed by atoms with van der Waals surface area (Å²) in [6.07, 6.45) is 3.86. The molecule has 5 heterocycles. The van der Waals surface area contributed by atoms with Crippen LogP contribution in [-0.2, 0) is 29.2 Å². The Morgan fingerprint density at radius 2 is 1.73 bits per heavy atom. The average molecular weight is 784 g/mol. The Morgan fingerprint density at radius 1 is 0.982 bits per heavy atom. The number of rotatable bonds is 9. The number of fused-ring (bicyclic) bond motifs is 4. The first-order chi connectivity index (χ1) is 26.5. The standard InChI is InChI=1S/C25H29F2N3O2.C17H15ClN4S/c1-18(31)29-10-6-23(7-11-29)32-13-9-28-16-20-14-22(27)15-25-24(20)8-12-30(25)17-19-2-4-21(26)5-3-19;1-9-10(2)23-17-15(9)16(12-4-6-13(18)7-5-12)19-8-14-21-20-11(3)22(14)17/h2-5,8,12,14-15,23,28H,6-7,9-11,13,16-17H2,1H3;4-7H,8H2,1-3H3. The van der Waals surface area contributed by atoms with Crippen LogP contribution >= 0.6 is 22.9 Å². The van der Waals surface area contributed by atoms with Gasteiger partial charge in [0, 0.05) is 72.3 Å². The smallest absolute Gasteiger partial charge is 0.219 e. The molecule has 3 aromatic heterocycles. The number of hydrogen-bond acceptors (Lipinski definition) is 7. The molecule has 55 heavy (non-hydrogen) atoms. The summed E-state index contributed by atoms with van der Waals surface area (Å²) in [4.78, 5) is 19.4. The third kappa shape index (κ3) is 8.73. The zero-order valence-corrected chi connectivity index (χ0v) is 33.0. The minimum Gasteiger partial charge on any atom is -0.377 e. The van der Waals surface area contributed by atoms with Gasteiger partial charge in [0.15, 0.2) is 5.82 Å². The number of benzene rings is 3. The van der Waals surface area contributed by atoms with Gasteiger partial charge in [0.05, 0.1) is 23.9 Å². The first-order valence-electron chi connectivity index (χ1n) is 18.5. The fourth-order valence-corrected chi connectivity index (χ4v) is 8.50. The summed E-state index contributed by atoms with van der Waals surface area (Å²) >= 11 is 7.80. The van der Waals surface area contributed by atoms with Crippen molar-refractivity contribution in [3.8, 4) is 5.00 Å². The largest absolute Gasteiger partial charge is 0.377 e. The average Bonchev–Trinajstić information content (AvgIpc) is 3.80. The van der Waals surface area contributed by atoms with Crippen molar-refractivity contribution in [2.45, 2.75) is 66.3 Å². The van der Waals surface area contributed by atoms with Crippen LogP contribution in [0.1, 0.15) is 64.1 Å². The molecule has 0 aliphatic carbocycles. The Balaban J connectivity index is 0.000000178. The summed E-state index contributed by atoms with van der Waals surface area (Å²) in [6, 6.07) is 19.3. The van der Waals surface area contributed by atoms with Gasteiger partial charge < -0.3 is 19.5 Å². The van der Waals surface area contributed by atoms with Crippen LogP contribution in [0.3, 0.4) is 0 Å². The fraction of sp³-hybridized carbons (Fsp3) is 0.333. The van der Waals surface area contributed by atoms with Crippen molar-refractivity contribution in [2.24, 2.45) is 4.99 Å². The van der Waals surface area contributed by atoms with Crippen LogP contribution in [0.25, 0.3) is 15.9 Å². The third-order valence-electron chi connectivity index (χ3n) is 10.2. The van der Waals surface area contributed by atoms with E-state index in [-0.39, 0.29) is 23.6 Å². The maximum absolute atomic E-state index is 14.3. The van der Waals surface area contributed by atoms with Gasteiger partial charge in [-0.15, -0.1) is 21.5 Å². The number of aliphatic imine (C=N–C) groups is 1. The van der Waals surface area contributed by atoms with E-state index in [9.17, 15) is 13.6 Å². The molecule has 9 nitrogen and oxygen atoms in total. The number of nitrogens with zero attached hydrogens (tertiary/aromatic N) is 6. The number of hydrogen-bond donors (Lipinski definition) is 1. The van der Waals surface area contributed by atoms with Crippen molar-refractivity contribution < 1.29 is 18.3 Å². The summed E-state index contributed by atoms with van der Waals surface area (Å²) in [7, 11) is 0. The molecule has 13 heteroatoms. The van der Waals surface area contributed by atoms with Crippen LogP contribution in [-0.4, -0.2) is 68.2 Å². The number of halogens is 3. The predicted octanol–water partition coefficient (Wildman–Crippen LogP) is 8.34. The molecule has 1 N–H and O–H groups in total. The molecule has 1 fully saturated rings. The van der Waals surface area contributed by atoms with Gasteiger partial charge in [-0.1, -0.05) is 35.9 Å². The quantitative estimate of drug-likeness (QED) is 0.149. The van der Waals surface area contributed by atoms with Crippen molar-refractivity contribution in [2.75, 3.05) is 26.2 Å². The maximum Gasteiger partial charge on any atom is 0.219 e. The van der Waals surface area contributed by atoms with Gasteiger partial charge in [0.2, 0.25) is 5.91 Å². The lowest BCUT2D eigenvalue weighted by Gasteiger charge is -2.31. The van der Waals surface area contributed by atoms with Gasteiger partial charge in [-0.2, -0.15) is 0 Å². The Hall–Kier alpha value is -4.75. The molecular weight excluding hydrogens is 740 g/mol. The third-order valence-corrected chi connectivity index (χ3v) is 11.7. The van der Waals surface area contributed by atoms with E-state index in [1.807, 2.05) is 52.9 Å². The molecule has 286 valence electrons. The molecule has 2 aliphatic rings. The summed E-state index contributed by atoms with van der Waals surface area (Å²) in [5, 5.41) is 14.7. The summed E-state index contributed by atoms with van der Waals surface area (Å²) in [5.41, 5.74) is 7.19. The topological polar surface area (TPSA) is 89.6 Å². The Morgan fingerprint density at radius 3 is 2.45 bits per heavy atom. The number of amides is 1. The van der Waals surface area contributed by atoms with E-state index in [0.717, 1.165) is 80.9 Å². The molecule has 1 saturated heterocycles. The van der Waals surface area contributed by atoms with E-state index in [1.165, 1.54) is 28.1 Å². The van der Waals surface area contributed by atoms with Crippen LogP contribution in [0.2, 0.25) is 5.02 Å². The van der Waals surface area contributed by atoms with Gasteiger partial charge in [-0.05, 0) is 92.8 Å². The predicted molar refractivity (Wildman–Crippen MR) is 215 cm³/mol. The van der Waals surface area contributed by atoms with E-state index in [1.54, 1.807) is 42.5 Å². The monoisotopic (exact) mass is 783 g/mol. The van der Waals surface area contributed by atoms with Crippen LogP contribution < -0.4 is 5.32 Å². The Bertz CT molecular complexity index is 2320. The SMILES string of the molecule is CC(=O)N1CCC(OCCNCc2cc(F)cc3c2ccn3Cc2ccc(F)cc2)CC1.Cc1sc2c(c1C)C(c1ccc(Cl)cc1)=NCc1nnc(C)n1-2. The highest BCUT2D eigenvalue weighted by Crippen LogP contribution is 2.36. The van der Waals surface area contributed by atoms with Crippen molar-refractivity contribution in [1.82, 2.24) is 29.5 Å². The van der Waals surface area contributed by atoms with E-state index < -0.39 is 0 Å². The first-order valence-corrected chi connectivity index (χ1v) is 19.7. The summed E-state index contributed by atoms with van der Waals surface area (Å²) < 4.78 is 37.5. The molecule has 0 saturated carbocycles. The Labute approximate surface area is 328 Å². The van der Waals surface area contributed by atoms with E-state index >= 15 is 0 Å². The minimum absolute atomic E-state index is 0.123. The minimum atomic E-state index is -0.276. The fourth-order valence-electron chi connectivity index (χ4n) is 7.15. The highest BCUT2D eigenvalue weighted by Gasteiger charge is 2.26. The maximum atomic E-state index is 14.3. The highest BCUT2D eigenvalue weighted by molar-refractivity contribution is 7.15. The number of nitrogens with one attached hydrogen (secondary N) is 1. The van der Waals surface area contributed by atoms with Gasteiger partial charge in [-0.25, -0.2) is 8.78 Å². The summed E-state index contributed by atoms with van der Waals surface area (Å²) in [5.74, 6) is 1.36. The number of aromatic nitrogens is 4. The van der Waals surface area contributed by atoms with Crippen LogP contribution in [0.4, 0.5) is 8.78 Å².